The van der Waals surface area contributed by atoms with E-state index in [1.807, 2.05) is 20.8 Å². The fourth-order valence-corrected chi connectivity index (χ4v) is 4.82. The number of carbonyl (C=O) groups excluding carboxylic acids is 1. The quantitative estimate of drug-likeness (QED) is 0.613. The molecule has 26 heavy (non-hydrogen) atoms. The molecule has 2 unspecified atom stereocenters. The summed E-state index contributed by atoms with van der Waals surface area (Å²) in [5, 5.41) is 4.46. The van der Waals surface area contributed by atoms with Crippen molar-refractivity contribution in [2.45, 2.75) is 71.6 Å². The van der Waals surface area contributed by atoms with E-state index in [0.717, 1.165) is 18.0 Å². The molecule has 4 fully saturated rings. The number of hydrogen-bond donors (Lipinski definition) is 0. The molecule has 0 aromatic carbocycles. The van der Waals surface area contributed by atoms with Gasteiger partial charge in [-0.2, -0.15) is 5.10 Å². The average molecular weight is 360 g/mol. The van der Waals surface area contributed by atoms with Crippen molar-refractivity contribution in [3.8, 4) is 0 Å². The standard InChI is InChI=1S/C19H29BN2O4/c1-18(2,3)24-17(23)14-9-12(21-22(14)6)10-20-25-15-8-11-7-13(16(15)26-20)19(11,4)5/h9,11,13,15-16H,7-8,10H2,1-6H3/t11-,13+,15?,16?/m1/s1. The smallest absolute Gasteiger partial charge is 0.455 e. The van der Waals surface area contributed by atoms with Crippen LogP contribution in [0.25, 0.3) is 0 Å². The van der Waals surface area contributed by atoms with E-state index in [-0.39, 0.29) is 25.3 Å². The Labute approximate surface area is 155 Å². The number of aryl methyl sites for hydroxylation is 1. The highest BCUT2D eigenvalue weighted by Crippen LogP contribution is 2.61. The monoisotopic (exact) mass is 360 g/mol. The molecular formula is C19H29BN2O4. The maximum absolute atomic E-state index is 12.3. The van der Waals surface area contributed by atoms with Crippen LogP contribution < -0.4 is 0 Å². The Morgan fingerprint density at radius 3 is 2.77 bits per heavy atom. The van der Waals surface area contributed by atoms with Crippen LogP contribution in [0.4, 0.5) is 0 Å². The van der Waals surface area contributed by atoms with Crippen molar-refractivity contribution < 1.29 is 18.8 Å². The van der Waals surface area contributed by atoms with Crippen LogP contribution in [0.2, 0.25) is 0 Å². The molecule has 0 N–H and O–H groups in total. The number of hydrogen-bond acceptors (Lipinski definition) is 5. The molecule has 1 aromatic rings. The summed E-state index contributed by atoms with van der Waals surface area (Å²) < 4.78 is 19.4. The van der Waals surface area contributed by atoms with E-state index in [1.165, 1.54) is 6.42 Å². The second kappa shape index (κ2) is 5.83. The van der Waals surface area contributed by atoms with Crippen LogP contribution in [-0.2, 0) is 27.4 Å². The Hall–Kier alpha value is -1.34. The third-order valence-electron chi connectivity index (χ3n) is 6.38. The molecule has 5 rings (SSSR count). The highest BCUT2D eigenvalue weighted by atomic mass is 16.7. The fourth-order valence-electron chi connectivity index (χ4n) is 4.82. The third kappa shape index (κ3) is 2.99. The molecule has 7 heteroatoms. The van der Waals surface area contributed by atoms with E-state index < -0.39 is 5.60 Å². The number of rotatable bonds is 3. The van der Waals surface area contributed by atoms with Crippen LogP contribution in [0.5, 0.6) is 0 Å². The fraction of sp³-hybridized carbons (Fsp3) is 0.789. The van der Waals surface area contributed by atoms with E-state index in [9.17, 15) is 4.79 Å². The normalized spacial score (nSPS) is 32.2. The van der Waals surface area contributed by atoms with Gasteiger partial charge >= 0.3 is 13.1 Å². The van der Waals surface area contributed by atoms with Crippen molar-refractivity contribution in [1.82, 2.24) is 9.78 Å². The zero-order chi connectivity index (χ0) is 18.9. The van der Waals surface area contributed by atoms with Crippen molar-refractivity contribution in [2.24, 2.45) is 24.3 Å². The molecule has 3 aliphatic carbocycles. The molecule has 3 saturated carbocycles. The van der Waals surface area contributed by atoms with Crippen molar-refractivity contribution in [2.75, 3.05) is 0 Å². The van der Waals surface area contributed by atoms with Crippen LogP contribution in [0.1, 0.15) is 63.6 Å². The lowest BCUT2D eigenvalue weighted by molar-refractivity contribution is -0.150. The SMILES string of the molecule is Cn1nc(CB2OC3C[C@H]4C[C@@H](C3O2)C4(C)C)cc1C(=O)OC(C)(C)C. The summed E-state index contributed by atoms with van der Waals surface area (Å²) in [5.41, 5.74) is 1.09. The van der Waals surface area contributed by atoms with Crippen molar-refractivity contribution >= 4 is 13.1 Å². The van der Waals surface area contributed by atoms with E-state index in [4.69, 9.17) is 14.0 Å². The molecular weight excluding hydrogens is 331 g/mol. The van der Waals surface area contributed by atoms with Gasteiger partial charge in [0.2, 0.25) is 0 Å². The molecule has 1 aromatic heterocycles. The van der Waals surface area contributed by atoms with Gasteiger partial charge in [-0.25, -0.2) is 4.79 Å². The Kier molecular flexibility index (Phi) is 4.05. The number of nitrogens with zero attached hydrogens (tertiary/aromatic N) is 2. The summed E-state index contributed by atoms with van der Waals surface area (Å²) in [6.45, 7) is 10.3. The van der Waals surface area contributed by atoms with Gasteiger partial charge in [0.05, 0.1) is 17.9 Å². The average Bonchev–Trinajstić information content (AvgIpc) is 3.07. The van der Waals surface area contributed by atoms with E-state index >= 15 is 0 Å². The molecule has 4 atom stereocenters. The van der Waals surface area contributed by atoms with Gasteiger partial charge in [0.1, 0.15) is 11.3 Å². The minimum atomic E-state index is -0.525. The molecule has 0 spiro atoms. The molecule has 2 bridgehead atoms. The molecule has 1 saturated heterocycles. The first-order valence-electron chi connectivity index (χ1n) is 9.62. The molecule has 4 aliphatic rings. The van der Waals surface area contributed by atoms with Gasteiger partial charge in [-0.1, -0.05) is 13.8 Å². The molecule has 0 amide bonds. The van der Waals surface area contributed by atoms with Crippen LogP contribution in [-0.4, -0.2) is 40.7 Å². The van der Waals surface area contributed by atoms with Gasteiger partial charge in [-0.05, 0) is 56.9 Å². The second-order valence-electron chi connectivity index (χ2n) is 9.65. The minimum Gasteiger partial charge on any atom is -0.455 e. The summed E-state index contributed by atoms with van der Waals surface area (Å²) in [7, 11) is 1.48. The van der Waals surface area contributed by atoms with Crippen LogP contribution in [0, 0.1) is 17.3 Å². The van der Waals surface area contributed by atoms with E-state index in [1.54, 1.807) is 17.8 Å². The number of ether oxygens (including phenoxy) is 1. The predicted molar refractivity (Wildman–Crippen MR) is 97.6 cm³/mol. The highest BCUT2D eigenvalue weighted by Gasteiger charge is 2.61. The molecule has 2 heterocycles. The maximum Gasteiger partial charge on any atom is 0.463 e. The maximum atomic E-state index is 12.3. The van der Waals surface area contributed by atoms with E-state index in [0.29, 0.717) is 23.3 Å². The summed E-state index contributed by atoms with van der Waals surface area (Å²) in [4.78, 5) is 12.3. The first kappa shape index (κ1) is 18.0. The lowest BCUT2D eigenvalue weighted by atomic mass is 9.47. The van der Waals surface area contributed by atoms with Crippen LogP contribution in [0.3, 0.4) is 0 Å². The third-order valence-corrected chi connectivity index (χ3v) is 6.38. The molecule has 142 valence electrons. The minimum absolute atomic E-state index is 0.203. The van der Waals surface area contributed by atoms with Crippen molar-refractivity contribution in [1.29, 1.82) is 0 Å². The van der Waals surface area contributed by atoms with Crippen molar-refractivity contribution in [3.05, 3.63) is 17.5 Å². The molecule has 6 nitrogen and oxygen atoms in total. The lowest BCUT2D eigenvalue weighted by Gasteiger charge is -2.60. The van der Waals surface area contributed by atoms with Crippen LogP contribution in [0.15, 0.2) is 6.07 Å². The Bertz CT molecular complexity index is 724. The van der Waals surface area contributed by atoms with Gasteiger partial charge in [-0.3, -0.25) is 4.68 Å². The van der Waals surface area contributed by atoms with Crippen LogP contribution >= 0.6 is 0 Å². The van der Waals surface area contributed by atoms with Gasteiger partial charge in [0.25, 0.3) is 0 Å². The summed E-state index contributed by atoms with van der Waals surface area (Å²) in [5.74, 6) is 0.991. The Balaban J connectivity index is 1.42. The van der Waals surface area contributed by atoms with Gasteiger partial charge in [-0.15, -0.1) is 0 Å². The molecule has 0 radical (unpaired) electrons. The number of carbonyl (C=O) groups is 1. The summed E-state index contributed by atoms with van der Waals surface area (Å²) >= 11 is 0. The van der Waals surface area contributed by atoms with E-state index in [2.05, 4.69) is 18.9 Å². The van der Waals surface area contributed by atoms with Gasteiger partial charge in [0.15, 0.2) is 0 Å². The Morgan fingerprint density at radius 1 is 1.38 bits per heavy atom. The molecule has 1 aliphatic heterocycles. The first-order chi connectivity index (χ1) is 12.0. The Morgan fingerprint density at radius 2 is 2.12 bits per heavy atom. The highest BCUT2D eigenvalue weighted by molar-refractivity contribution is 6.44. The van der Waals surface area contributed by atoms with Gasteiger partial charge in [0, 0.05) is 13.4 Å². The predicted octanol–water partition coefficient (Wildman–Crippen LogP) is 2.80. The number of aromatic nitrogens is 2. The largest absolute Gasteiger partial charge is 0.463 e. The summed E-state index contributed by atoms with van der Waals surface area (Å²) in [6, 6.07) is 1.78. The first-order valence-corrected chi connectivity index (χ1v) is 9.62. The van der Waals surface area contributed by atoms with Gasteiger partial charge < -0.3 is 14.0 Å². The zero-order valence-electron chi connectivity index (χ0n) is 16.6. The zero-order valence-corrected chi connectivity index (χ0v) is 16.6. The summed E-state index contributed by atoms with van der Waals surface area (Å²) in [6.07, 6.45) is 3.33. The second-order valence-corrected chi connectivity index (χ2v) is 9.65. The lowest BCUT2D eigenvalue weighted by Crippen LogP contribution is -2.59. The topological polar surface area (TPSA) is 62.6 Å². The van der Waals surface area contributed by atoms with Crippen molar-refractivity contribution in [3.63, 3.8) is 0 Å². The number of esters is 1.